The summed E-state index contributed by atoms with van der Waals surface area (Å²) in [5.41, 5.74) is 2.91. The van der Waals surface area contributed by atoms with Crippen molar-refractivity contribution in [3.8, 4) is 17.2 Å². The highest BCUT2D eigenvalue weighted by Gasteiger charge is 2.28. The Morgan fingerprint density at radius 1 is 0.923 bits per heavy atom. The van der Waals surface area contributed by atoms with Gasteiger partial charge in [-0.3, -0.25) is 4.79 Å². The maximum Gasteiger partial charge on any atom is 0.225 e. The van der Waals surface area contributed by atoms with Crippen molar-refractivity contribution in [1.82, 2.24) is 0 Å². The van der Waals surface area contributed by atoms with E-state index in [9.17, 15) is 4.79 Å². The van der Waals surface area contributed by atoms with E-state index < -0.39 is 0 Å². The van der Waals surface area contributed by atoms with Crippen molar-refractivity contribution >= 4 is 11.6 Å². The van der Waals surface area contributed by atoms with Gasteiger partial charge in [-0.25, -0.2) is 0 Å². The zero-order valence-corrected chi connectivity index (χ0v) is 15.5. The molecule has 0 saturated heterocycles. The van der Waals surface area contributed by atoms with E-state index in [1.165, 1.54) is 0 Å². The van der Waals surface area contributed by atoms with Gasteiger partial charge in [-0.2, -0.15) is 0 Å². The van der Waals surface area contributed by atoms with Gasteiger partial charge in [0.25, 0.3) is 0 Å². The van der Waals surface area contributed by atoms with Crippen LogP contribution in [0.4, 0.5) is 5.69 Å². The van der Waals surface area contributed by atoms with Crippen LogP contribution in [0.2, 0.25) is 0 Å². The Kier molecular flexibility index (Phi) is 5.66. The van der Waals surface area contributed by atoms with Crippen LogP contribution in [0, 0.1) is 0 Å². The number of carbonyl (C=O) groups excluding carboxylic acids is 1. The predicted octanol–water partition coefficient (Wildman–Crippen LogP) is 4.36. The van der Waals surface area contributed by atoms with Crippen LogP contribution in [0.15, 0.2) is 36.4 Å². The molecule has 2 aromatic carbocycles. The number of benzene rings is 2. The molecule has 138 valence electrons. The molecule has 2 aromatic rings. The van der Waals surface area contributed by atoms with E-state index in [2.05, 4.69) is 5.32 Å². The molecule has 1 aliphatic heterocycles. The van der Waals surface area contributed by atoms with E-state index in [1.54, 1.807) is 0 Å². The van der Waals surface area contributed by atoms with Gasteiger partial charge in [-0.05, 0) is 50.1 Å². The van der Waals surface area contributed by atoms with E-state index in [0.717, 1.165) is 22.6 Å². The molecule has 0 spiro atoms. The first kappa shape index (κ1) is 18.1. The molecule has 5 nitrogen and oxygen atoms in total. The van der Waals surface area contributed by atoms with Crippen molar-refractivity contribution in [1.29, 1.82) is 0 Å². The Morgan fingerprint density at radius 3 is 2.15 bits per heavy atom. The van der Waals surface area contributed by atoms with Crippen LogP contribution in [0.5, 0.6) is 17.2 Å². The molecule has 0 saturated carbocycles. The highest BCUT2D eigenvalue weighted by Crippen LogP contribution is 2.43. The Morgan fingerprint density at radius 2 is 1.54 bits per heavy atom. The molecule has 3 rings (SSSR count). The van der Waals surface area contributed by atoms with Crippen LogP contribution in [-0.4, -0.2) is 25.7 Å². The molecular weight excluding hydrogens is 330 g/mol. The van der Waals surface area contributed by atoms with Gasteiger partial charge in [0.1, 0.15) is 5.75 Å². The van der Waals surface area contributed by atoms with Crippen molar-refractivity contribution in [2.24, 2.45) is 0 Å². The largest absolute Gasteiger partial charge is 0.494 e. The number of amides is 1. The molecule has 1 N–H and O–H groups in total. The second kappa shape index (κ2) is 8.13. The van der Waals surface area contributed by atoms with Crippen LogP contribution in [0.25, 0.3) is 0 Å². The van der Waals surface area contributed by atoms with Gasteiger partial charge < -0.3 is 19.5 Å². The minimum Gasteiger partial charge on any atom is -0.494 e. The van der Waals surface area contributed by atoms with Crippen molar-refractivity contribution in [2.45, 2.75) is 33.1 Å². The summed E-state index contributed by atoms with van der Waals surface area (Å²) in [5.74, 6) is 2.17. The number of hydrogen-bond acceptors (Lipinski definition) is 4. The SMILES string of the molecule is CCOc1ccc([C@H]2CC(=O)Nc3cc(OCC)c(OCC)cc32)cc1. The fourth-order valence-corrected chi connectivity index (χ4v) is 3.27. The van der Waals surface area contributed by atoms with Crippen LogP contribution < -0.4 is 19.5 Å². The lowest BCUT2D eigenvalue weighted by atomic mass is 9.84. The Labute approximate surface area is 154 Å². The molecule has 0 aromatic heterocycles. The lowest BCUT2D eigenvalue weighted by Gasteiger charge is -2.27. The Bertz CT molecular complexity index is 770. The summed E-state index contributed by atoms with van der Waals surface area (Å²) in [7, 11) is 0. The third kappa shape index (κ3) is 3.77. The normalized spacial score (nSPS) is 15.8. The number of nitrogens with one attached hydrogen (secondary N) is 1. The number of rotatable bonds is 7. The number of fused-ring (bicyclic) bond motifs is 1. The molecule has 0 fully saturated rings. The zero-order chi connectivity index (χ0) is 18.5. The van der Waals surface area contributed by atoms with Crippen molar-refractivity contribution < 1.29 is 19.0 Å². The number of hydrogen-bond donors (Lipinski definition) is 1. The summed E-state index contributed by atoms with van der Waals surface area (Å²) >= 11 is 0. The zero-order valence-electron chi connectivity index (χ0n) is 15.5. The van der Waals surface area contributed by atoms with E-state index in [4.69, 9.17) is 14.2 Å². The summed E-state index contributed by atoms with van der Waals surface area (Å²) in [6, 6.07) is 11.8. The average Bonchev–Trinajstić information content (AvgIpc) is 2.63. The van der Waals surface area contributed by atoms with Gasteiger partial charge in [-0.1, -0.05) is 12.1 Å². The molecule has 1 aliphatic rings. The highest BCUT2D eigenvalue weighted by molar-refractivity contribution is 5.96. The summed E-state index contributed by atoms with van der Waals surface area (Å²) in [6.45, 7) is 7.55. The second-order valence-corrected chi connectivity index (χ2v) is 6.06. The molecule has 0 bridgehead atoms. The van der Waals surface area contributed by atoms with Gasteiger partial charge >= 0.3 is 0 Å². The molecule has 1 amide bonds. The Hall–Kier alpha value is -2.69. The smallest absolute Gasteiger partial charge is 0.225 e. The third-order valence-electron chi connectivity index (χ3n) is 4.35. The van der Waals surface area contributed by atoms with Crippen molar-refractivity contribution in [3.63, 3.8) is 0 Å². The standard InChI is InChI=1S/C21H25NO4/c1-4-24-15-9-7-14(8-10-15)16-12-21(23)22-18-13-20(26-6-3)19(25-5-2)11-17(16)18/h7-11,13,16H,4-6,12H2,1-3H3,(H,22,23)/t16-/m1/s1. The van der Waals surface area contributed by atoms with E-state index in [-0.39, 0.29) is 11.8 Å². The Balaban J connectivity index is 2.01. The van der Waals surface area contributed by atoms with Crippen LogP contribution in [0.1, 0.15) is 44.2 Å². The van der Waals surface area contributed by atoms with Gasteiger partial charge in [0.05, 0.1) is 19.8 Å². The maximum absolute atomic E-state index is 12.3. The number of carbonyl (C=O) groups is 1. The minimum absolute atomic E-state index is 0.00277. The molecule has 0 aliphatic carbocycles. The quantitative estimate of drug-likeness (QED) is 0.802. The lowest BCUT2D eigenvalue weighted by molar-refractivity contribution is -0.116. The molecular formula is C21H25NO4. The fourth-order valence-electron chi connectivity index (χ4n) is 3.27. The molecule has 1 heterocycles. The van der Waals surface area contributed by atoms with E-state index in [1.807, 2.05) is 57.2 Å². The first-order valence-electron chi connectivity index (χ1n) is 9.12. The van der Waals surface area contributed by atoms with Crippen LogP contribution in [0.3, 0.4) is 0 Å². The molecule has 1 atom stereocenters. The molecule has 26 heavy (non-hydrogen) atoms. The van der Waals surface area contributed by atoms with Crippen LogP contribution in [-0.2, 0) is 4.79 Å². The lowest BCUT2D eigenvalue weighted by Crippen LogP contribution is -2.23. The second-order valence-electron chi connectivity index (χ2n) is 6.06. The summed E-state index contributed by atoms with van der Waals surface area (Å²) in [4.78, 5) is 12.3. The van der Waals surface area contributed by atoms with Crippen LogP contribution >= 0.6 is 0 Å². The van der Waals surface area contributed by atoms with Gasteiger partial charge in [0, 0.05) is 24.1 Å². The summed E-state index contributed by atoms with van der Waals surface area (Å²) in [5, 5.41) is 2.96. The van der Waals surface area contributed by atoms with Gasteiger partial charge in [-0.15, -0.1) is 0 Å². The number of ether oxygens (including phenoxy) is 3. The first-order chi connectivity index (χ1) is 12.7. The third-order valence-corrected chi connectivity index (χ3v) is 4.35. The monoisotopic (exact) mass is 355 g/mol. The molecule has 0 unspecified atom stereocenters. The topological polar surface area (TPSA) is 56.8 Å². The van der Waals surface area contributed by atoms with Crippen molar-refractivity contribution in [3.05, 3.63) is 47.5 Å². The molecule has 5 heteroatoms. The predicted molar refractivity (Wildman–Crippen MR) is 101 cm³/mol. The first-order valence-corrected chi connectivity index (χ1v) is 9.12. The molecule has 0 radical (unpaired) electrons. The minimum atomic E-state index is -0.0238. The average molecular weight is 355 g/mol. The summed E-state index contributed by atoms with van der Waals surface area (Å²) < 4.78 is 17.0. The maximum atomic E-state index is 12.3. The van der Waals surface area contributed by atoms with E-state index in [0.29, 0.717) is 37.7 Å². The summed E-state index contributed by atoms with van der Waals surface area (Å²) in [6.07, 6.45) is 0.403. The highest BCUT2D eigenvalue weighted by atomic mass is 16.5. The van der Waals surface area contributed by atoms with Gasteiger partial charge in [0.15, 0.2) is 11.5 Å². The fraction of sp³-hybridized carbons (Fsp3) is 0.381. The van der Waals surface area contributed by atoms with Crippen molar-refractivity contribution in [2.75, 3.05) is 25.1 Å². The number of anilines is 1. The van der Waals surface area contributed by atoms with Gasteiger partial charge in [0.2, 0.25) is 5.91 Å². The van der Waals surface area contributed by atoms with E-state index >= 15 is 0 Å².